The van der Waals surface area contributed by atoms with Crippen LogP contribution in [-0.4, -0.2) is 5.78 Å². The van der Waals surface area contributed by atoms with Gasteiger partial charge in [-0.2, -0.15) is 0 Å². The number of halogens is 2. The quantitative estimate of drug-likeness (QED) is 0.290. The summed E-state index contributed by atoms with van der Waals surface area (Å²) >= 11 is 12.8. The second kappa shape index (κ2) is 9.04. The highest BCUT2D eigenvalue weighted by molar-refractivity contribution is 6.35. The van der Waals surface area contributed by atoms with Crippen molar-refractivity contribution in [1.82, 2.24) is 0 Å². The van der Waals surface area contributed by atoms with E-state index in [0.29, 0.717) is 44.2 Å². The molecule has 0 aliphatic carbocycles. The largest absolute Gasteiger partial charge is 0.456 e. The van der Waals surface area contributed by atoms with E-state index in [-0.39, 0.29) is 5.78 Å². The maximum Gasteiger partial charge on any atom is 0.196 e. The number of para-hydroxylation sites is 2. The molecule has 4 aromatic carbocycles. The van der Waals surface area contributed by atoms with Gasteiger partial charge in [0.05, 0.1) is 15.6 Å². The van der Waals surface area contributed by atoms with Crippen molar-refractivity contribution in [2.24, 2.45) is 0 Å². The fraction of sp³-hybridized carbons (Fsp3) is 0. The van der Waals surface area contributed by atoms with Crippen LogP contribution in [0.2, 0.25) is 10.0 Å². The number of hydrogen-bond donors (Lipinski definition) is 0. The monoisotopic (exact) mass is 434 g/mol. The predicted octanol–water partition coefficient (Wildman–Crippen LogP) is 7.81. The van der Waals surface area contributed by atoms with Crippen LogP contribution in [0.1, 0.15) is 15.9 Å². The molecule has 5 heteroatoms. The van der Waals surface area contributed by atoms with Gasteiger partial charge in [0.25, 0.3) is 0 Å². The van der Waals surface area contributed by atoms with Crippen molar-refractivity contribution < 1.29 is 14.3 Å². The molecule has 0 atom stereocenters. The molecule has 4 aromatic rings. The predicted molar refractivity (Wildman–Crippen MR) is 119 cm³/mol. The van der Waals surface area contributed by atoms with Gasteiger partial charge < -0.3 is 9.47 Å². The van der Waals surface area contributed by atoms with E-state index < -0.39 is 0 Å². The second-order valence-corrected chi connectivity index (χ2v) is 7.24. The molecule has 0 N–H and O–H groups in total. The van der Waals surface area contributed by atoms with E-state index in [1.807, 2.05) is 48.5 Å². The summed E-state index contributed by atoms with van der Waals surface area (Å²) in [6.07, 6.45) is 0. The summed E-state index contributed by atoms with van der Waals surface area (Å²) in [4.78, 5) is 12.9. The van der Waals surface area contributed by atoms with E-state index in [1.54, 1.807) is 48.5 Å². The molecule has 4 rings (SSSR count). The highest BCUT2D eigenvalue weighted by Gasteiger charge is 2.17. The van der Waals surface area contributed by atoms with Crippen molar-refractivity contribution in [3.8, 4) is 23.0 Å². The Morgan fingerprint density at radius 1 is 0.600 bits per heavy atom. The van der Waals surface area contributed by atoms with E-state index in [4.69, 9.17) is 32.7 Å². The number of ketones is 1. The lowest BCUT2D eigenvalue weighted by atomic mass is 10.0. The maximum atomic E-state index is 12.9. The van der Waals surface area contributed by atoms with Crippen molar-refractivity contribution in [3.63, 3.8) is 0 Å². The van der Waals surface area contributed by atoms with Gasteiger partial charge in [0.15, 0.2) is 5.78 Å². The number of benzene rings is 4. The average Bonchev–Trinajstić information content (AvgIpc) is 2.78. The fourth-order valence-electron chi connectivity index (χ4n) is 2.89. The Bertz CT molecular complexity index is 1180. The fourth-order valence-corrected chi connectivity index (χ4v) is 3.27. The van der Waals surface area contributed by atoms with Crippen LogP contribution < -0.4 is 9.47 Å². The van der Waals surface area contributed by atoms with Gasteiger partial charge in [0.1, 0.15) is 23.0 Å². The van der Waals surface area contributed by atoms with Crippen molar-refractivity contribution in [2.45, 2.75) is 0 Å². The molecule has 0 heterocycles. The molecule has 30 heavy (non-hydrogen) atoms. The molecular formula is C25H16Cl2O3. The second-order valence-electron chi connectivity index (χ2n) is 6.42. The Hall–Kier alpha value is -3.27. The van der Waals surface area contributed by atoms with Gasteiger partial charge in [-0.05, 0) is 24.3 Å². The van der Waals surface area contributed by atoms with Gasteiger partial charge in [0, 0.05) is 17.7 Å². The van der Waals surface area contributed by atoms with Crippen LogP contribution in [0.25, 0.3) is 0 Å². The van der Waals surface area contributed by atoms with Crippen LogP contribution in [0.3, 0.4) is 0 Å². The number of rotatable bonds is 6. The molecule has 0 amide bonds. The number of hydrogen-bond acceptors (Lipinski definition) is 3. The minimum Gasteiger partial charge on any atom is -0.456 e. The molecule has 0 bridgehead atoms. The molecule has 148 valence electrons. The van der Waals surface area contributed by atoms with E-state index in [0.717, 1.165) is 0 Å². The molecule has 3 nitrogen and oxygen atoms in total. The van der Waals surface area contributed by atoms with Crippen LogP contribution >= 0.6 is 23.2 Å². The molecule has 0 aliphatic heterocycles. The van der Waals surface area contributed by atoms with Crippen molar-refractivity contribution in [2.75, 3.05) is 0 Å². The highest BCUT2D eigenvalue weighted by atomic mass is 35.5. The van der Waals surface area contributed by atoms with Gasteiger partial charge in [-0.15, -0.1) is 0 Å². The first kappa shape index (κ1) is 20.0. The third kappa shape index (κ3) is 4.48. The van der Waals surface area contributed by atoms with Gasteiger partial charge in [0.2, 0.25) is 0 Å². The van der Waals surface area contributed by atoms with E-state index >= 15 is 0 Å². The standard InChI is InChI=1S/C25H16Cl2O3/c26-20-16-24(21(27)15-23(20)29-18-11-5-2-6-12-18)30-22-14-8-7-13-19(22)25(28)17-9-3-1-4-10-17/h1-16H. The smallest absolute Gasteiger partial charge is 0.196 e. The van der Waals surface area contributed by atoms with Crippen LogP contribution in [0.15, 0.2) is 97.1 Å². The molecule has 0 radical (unpaired) electrons. The van der Waals surface area contributed by atoms with E-state index in [9.17, 15) is 4.79 Å². The lowest BCUT2D eigenvalue weighted by Gasteiger charge is -2.14. The molecule has 0 aromatic heterocycles. The van der Waals surface area contributed by atoms with Crippen LogP contribution in [-0.2, 0) is 0 Å². The molecule has 0 spiro atoms. The lowest BCUT2D eigenvalue weighted by Crippen LogP contribution is -2.03. The lowest BCUT2D eigenvalue weighted by molar-refractivity contribution is 0.103. The first-order valence-electron chi connectivity index (χ1n) is 9.20. The zero-order valence-corrected chi connectivity index (χ0v) is 17.2. The zero-order chi connectivity index (χ0) is 20.9. The molecule has 0 aliphatic rings. The summed E-state index contributed by atoms with van der Waals surface area (Å²) in [7, 11) is 0. The van der Waals surface area contributed by atoms with Crippen molar-refractivity contribution >= 4 is 29.0 Å². The molecular weight excluding hydrogens is 419 g/mol. The van der Waals surface area contributed by atoms with Crippen molar-refractivity contribution in [1.29, 1.82) is 0 Å². The number of carbonyl (C=O) groups is 1. The zero-order valence-electron chi connectivity index (χ0n) is 15.7. The number of carbonyl (C=O) groups excluding carboxylic acids is 1. The Morgan fingerprint density at radius 2 is 1.13 bits per heavy atom. The average molecular weight is 435 g/mol. The third-order valence-corrected chi connectivity index (χ3v) is 4.94. The molecule has 0 saturated heterocycles. The van der Waals surface area contributed by atoms with E-state index in [1.165, 1.54) is 0 Å². The normalized spacial score (nSPS) is 10.5. The highest BCUT2D eigenvalue weighted by Crippen LogP contribution is 2.40. The summed E-state index contributed by atoms with van der Waals surface area (Å²) in [5.41, 5.74) is 1.00. The molecule has 0 unspecified atom stereocenters. The molecule has 0 saturated carbocycles. The Balaban J connectivity index is 1.62. The Morgan fingerprint density at radius 3 is 1.80 bits per heavy atom. The third-order valence-electron chi connectivity index (χ3n) is 4.35. The Kier molecular flexibility index (Phi) is 6.03. The topological polar surface area (TPSA) is 35.5 Å². The van der Waals surface area contributed by atoms with Gasteiger partial charge in [-0.3, -0.25) is 4.79 Å². The summed E-state index contributed by atoms with van der Waals surface area (Å²) in [5.74, 6) is 1.63. The maximum absolute atomic E-state index is 12.9. The summed E-state index contributed by atoms with van der Waals surface area (Å²) in [6, 6.07) is 28.5. The molecule has 0 fully saturated rings. The van der Waals surface area contributed by atoms with Gasteiger partial charge >= 0.3 is 0 Å². The van der Waals surface area contributed by atoms with E-state index in [2.05, 4.69) is 0 Å². The summed E-state index contributed by atoms with van der Waals surface area (Å²) in [6.45, 7) is 0. The van der Waals surface area contributed by atoms with Crippen LogP contribution in [0.4, 0.5) is 0 Å². The Labute approximate surface area is 184 Å². The SMILES string of the molecule is O=C(c1ccccc1)c1ccccc1Oc1cc(Cl)c(Oc2ccccc2)cc1Cl. The number of ether oxygens (including phenoxy) is 2. The van der Waals surface area contributed by atoms with Crippen LogP contribution in [0, 0.1) is 0 Å². The first-order chi connectivity index (χ1) is 14.6. The first-order valence-corrected chi connectivity index (χ1v) is 9.96. The van der Waals surface area contributed by atoms with Crippen LogP contribution in [0.5, 0.6) is 23.0 Å². The minimum atomic E-state index is -0.141. The van der Waals surface area contributed by atoms with Gasteiger partial charge in [-0.25, -0.2) is 0 Å². The minimum absolute atomic E-state index is 0.141. The summed E-state index contributed by atoms with van der Waals surface area (Å²) < 4.78 is 11.8. The van der Waals surface area contributed by atoms with Gasteiger partial charge in [-0.1, -0.05) is 83.9 Å². The summed E-state index contributed by atoms with van der Waals surface area (Å²) in [5, 5.41) is 0.650. The van der Waals surface area contributed by atoms with Crippen molar-refractivity contribution in [3.05, 3.63) is 118 Å².